The molecule has 3 aliphatic rings. The molecule has 2 aliphatic carbocycles. The number of ether oxygens (including phenoxy) is 4. The van der Waals surface area contributed by atoms with E-state index in [4.69, 9.17) is 18.9 Å². The summed E-state index contributed by atoms with van der Waals surface area (Å²) in [4.78, 5) is 0. The molecule has 1 spiro atoms. The van der Waals surface area contributed by atoms with Gasteiger partial charge in [-0.05, 0) is 70.2 Å². The molecule has 0 radical (unpaired) electrons. The highest BCUT2D eigenvalue weighted by molar-refractivity contribution is 5.76. The van der Waals surface area contributed by atoms with Crippen LogP contribution in [0.3, 0.4) is 0 Å². The van der Waals surface area contributed by atoms with Crippen molar-refractivity contribution in [1.82, 2.24) is 0 Å². The third-order valence-electron chi connectivity index (χ3n) is 8.59. The Kier molecular flexibility index (Phi) is 4.91. The highest BCUT2D eigenvalue weighted by Crippen LogP contribution is 2.66. The molecule has 0 saturated carbocycles. The monoisotopic (exact) mass is 524 g/mol. The van der Waals surface area contributed by atoms with Crippen molar-refractivity contribution in [2.45, 2.75) is 56.8 Å². The molecule has 39 heavy (non-hydrogen) atoms. The van der Waals surface area contributed by atoms with Gasteiger partial charge >= 0.3 is 0 Å². The Bertz CT molecular complexity index is 1690. The summed E-state index contributed by atoms with van der Waals surface area (Å²) in [6.07, 6.45) is 1.69. The van der Waals surface area contributed by atoms with Crippen LogP contribution in [0.25, 0.3) is 0 Å². The van der Waals surface area contributed by atoms with E-state index in [1.165, 1.54) is 11.1 Å². The molecule has 3 aromatic rings. The second-order valence-corrected chi connectivity index (χ2v) is 11.8. The van der Waals surface area contributed by atoms with Crippen molar-refractivity contribution in [2.24, 2.45) is 0 Å². The van der Waals surface area contributed by atoms with Crippen molar-refractivity contribution >= 4 is 0 Å². The zero-order valence-corrected chi connectivity index (χ0v) is 22.6. The van der Waals surface area contributed by atoms with Gasteiger partial charge in [0.1, 0.15) is 23.3 Å². The molecule has 1 atom stereocenters. The largest absolute Gasteiger partial charge is 0.503 e. The summed E-state index contributed by atoms with van der Waals surface area (Å²) in [5, 5.41) is 40.1. The van der Waals surface area contributed by atoms with Crippen LogP contribution in [0.2, 0.25) is 0 Å². The van der Waals surface area contributed by atoms with Crippen LogP contribution in [0.4, 0.5) is 0 Å². The summed E-state index contributed by atoms with van der Waals surface area (Å²) >= 11 is 0. The van der Waals surface area contributed by atoms with Gasteiger partial charge in [0.15, 0.2) is 46.0 Å². The number of rotatable bonds is 2. The second kappa shape index (κ2) is 7.74. The van der Waals surface area contributed by atoms with Gasteiger partial charge in [0, 0.05) is 5.41 Å². The lowest BCUT2D eigenvalue weighted by Gasteiger charge is -2.31. The van der Waals surface area contributed by atoms with E-state index < -0.39 is 11.5 Å². The molecule has 8 nitrogen and oxygen atoms in total. The van der Waals surface area contributed by atoms with Crippen LogP contribution in [0.15, 0.2) is 24.3 Å². The van der Waals surface area contributed by atoms with Gasteiger partial charge in [-0.2, -0.15) is 10.5 Å². The number of benzene rings is 3. The number of phenols is 2. The summed E-state index contributed by atoms with van der Waals surface area (Å²) in [5.74, 6) is 0.494. The van der Waals surface area contributed by atoms with Gasteiger partial charge in [-0.15, -0.1) is 0 Å². The van der Waals surface area contributed by atoms with E-state index in [1.807, 2.05) is 24.3 Å². The van der Waals surface area contributed by atoms with Crippen LogP contribution in [-0.4, -0.2) is 24.4 Å². The van der Waals surface area contributed by atoms with Crippen molar-refractivity contribution < 1.29 is 29.2 Å². The third kappa shape index (κ3) is 3.09. The Hall–Kier alpha value is -4.56. The summed E-state index contributed by atoms with van der Waals surface area (Å²) < 4.78 is 23.6. The molecule has 6 rings (SSSR count). The summed E-state index contributed by atoms with van der Waals surface area (Å²) in [5.41, 5.74) is 3.26. The summed E-state index contributed by atoms with van der Waals surface area (Å²) in [6, 6.07) is 11.8. The Morgan fingerprint density at radius 3 is 1.51 bits per heavy atom. The van der Waals surface area contributed by atoms with Crippen LogP contribution in [-0.2, 0) is 16.2 Å². The van der Waals surface area contributed by atoms with Gasteiger partial charge in [0.2, 0.25) is 0 Å². The maximum atomic E-state index is 10.4. The van der Waals surface area contributed by atoms with Gasteiger partial charge in [-0.25, -0.2) is 0 Å². The van der Waals surface area contributed by atoms with E-state index in [0.29, 0.717) is 23.0 Å². The summed E-state index contributed by atoms with van der Waals surface area (Å²) in [6.45, 7) is 8.89. The quantitative estimate of drug-likeness (QED) is 0.288. The first-order valence-corrected chi connectivity index (χ1v) is 12.7. The van der Waals surface area contributed by atoms with E-state index in [9.17, 15) is 20.7 Å². The van der Waals surface area contributed by atoms with E-state index in [2.05, 4.69) is 39.8 Å². The van der Waals surface area contributed by atoms with Gasteiger partial charge in [0.05, 0.1) is 14.2 Å². The Labute approximate surface area is 226 Å². The number of hydrogen-bond donors (Lipinski definition) is 2. The zero-order chi connectivity index (χ0) is 28.1. The predicted molar refractivity (Wildman–Crippen MR) is 141 cm³/mol. The molecular formula is C31H28N2O6. The van der Waals surface area contributed by atoms with Gasteiger partial charge < -0.3 is 29.2 Å². The normalized spacial score (nSPS) is 20.4. The van der Waals surface area contributed by atoms with Crippen molar-refractivity contribution in [3.63, 3.8) is 0 Å². The molecule has 0 bridgehead atoms. The molecule has 3 aromatic carbocycles. The Morgan fingerprint density at radius 2 is 1.08 bits per heavy atom. The minimum atomic E-state index is -0.717. The molecule has 198 valence electrons. The molecule has 0 saturated heterocycles. The van der Waals surface area contributed by atoms with E-state index >= 15 is 0 Å². The maximum Gasteiger partial charge on any atom is 0.193 e. The SMILES string of the molecule is COc1cc2c(cc1OC)C1(CC2(C)C)CC(C)(C)c2cc3c(cc21)Oc1c(C#N)c(O)c(O)c(C#N)c1O3. The molecule has 1 unspecified atom stereocenters. The molecule has 2 N–H and O–H groups in total. The first-order chi connectivity index (χ1) is 18.4. The van der Waals surface area contributed by atoms with Crippen LogP contribution in [0.5, 0.6) is 46.0 Å². The Morgan fingerprint density at radius 1 is 0.692 bits per heavy atom. The molecular weight excluding hydrogens is 496 g/mol. The molecule has 1 aliphatic heterocycles. The van der Waals surface area contributed by atoms with Crippen LogP contribution < -0.4 is 18.9 Å². The number of nitriles is 2. The fourth-order valence-corrected chi connectivity index (χ4v) is 7.10. The number of fused-ring (bicyclic) bond motifs is 6. The van der Waals surface area contributed by atoms with Crippen LogP contribution in [0.1, 0.15) is 73.9 Å². The third-order valence-corrected chi connectivity index (χ3v) is 8.59. The lowest BCUT2D eigenvalue weighted by atomic mass is 9.72. The average Bonchev–Trinajstić information content (AvgIpc) is 3.25. The fraction of sp³-hybridized carbons (Fsp3) is 0.355. The number of aromatic hydroxyl groups is 2. The molecule has 0 aromatic heterocycles. The minimum absolute atomic E-state index is 0.0912. The molecule has 1 heterocycles. The highest BCUT2D eigenvalue weighted by Gasteiger charge is 2.57. The standard InChI is InChI=1S/C31H28N2O6/c1-29(2)13-31(19-9-22(37-6)21(36-5)7-17(19)29)14-30(3,4)18-8-23-24(10-20(18)31)39-28-16(12-33)26(35)25(34)15(11-32)27(28)38-23/h7-10,34-35H,13-14H2,1-6H3. The topological polar surface area (TPSA) is 125 Å². The number of methoxy groups -OCH3 is 2. The first kappa shape index (κ1) is 24.8. The smallest absolute Gasteiger partial charge is 0.193 e. The van der Waals surface area contributed by atoms with E-state index in [-0.39, 0.29) is 38.9 Å². The molecule has 0 fully saturated rings. The Balaban J connectivity index is 1.59. The predicted octanol–water partition coefficient (Wildman–Crippen LogP) is 6.41. The maximum absolute atomic E-state index is 10.4. The fourth-order valence-electron chi connectivity index (χ4n) is 7.10. The van der Waals surface area contributed by atoms with Gasteiger partial charge in [-0.3, -0.25) is 0 Å². The van der Waals surface area contributed by atoms with E-state index in [0.717, 1.165) is 24.0 Å². The van der Waals surface area contributed by atoms with Crippen LogP contribution in [0, 0.1) is 22.7 Å². The first-order valence-electron chi connectivity index (χ1n) is 12.7. The van der Waals surface area contributed by atoms with Crippen molar-refractivity contribution in [2.75, 3.05) is 14.2 Å². The zero-order valence-electron chi connectivity index (χ0n) is 22.6. The van der Waals surface area contributed by atoms with E-state index in [1.54, 1.807) is 14.2 Å². The van der Waals surface area contributed by atoms with Gasteiger partial charge in [0.25, 0.3) is 0 Å². The van der Waals surface area contributed by atoms with Crippen molar-refractivity contribution in [3.05, 3.63) is 57.6 Å². The lowest BCUT2D eigenvalue weighted by Crippen LogP contribution is -2.27. The summed E-state index contributed by atoms with van der Waals surface area (Å²) in [7, 11) is 3.28. The highest BCUT2D eigenvalue weighted by atomic mass is 16.6. The minimum Gasteiger partial charge on any atom is -0.503 e. The number of nitrogens with zero attached hydrogens (tertiary/aromatic N) is 2. The number of hydrogen-bond acceptors (Lipinski definition) is 8. The number of phenolic OH excluding ortho intramolecular Hbond substituents is 2. The second-order valence-electron chi connectivity index (χ2n) is 11.8. The lowest BCUT2D eigenvalue weighted by molar-refractivity contribution is 0.341. The molecule has 0 amide bonds. The van der Waals surface area contributed by atoms with Crippen molar-refractivity contribution in [1.29, 1.82) is 10.5 Å². The molecule has 8 heteroatoms. The average molecular weight is 525 g/mol. The van der Waals surface area contributed by atoms with Crippen LogP contribution >= 0.6 is 0 Å². The van der Waals surface area contributed by atoms with Gasteiger partial charge in [-0.1, -0.05) is 27.7 Å². The van der Waals surface area contributed by atoms with Crippen molar-refractivity contribution in [3.8, 4) is 58.1 Å².